The summed E-state index contributed by atoms with van der Waals surface area (Å²) in [5.74, 6) is 0. The van der Waals surface area contributed by atoms with E-state index in [2.05, 4.69) is 16.1 Å². The Morgan fingerprint density at radius 2 is 1.91 bits per heavy atom. The van der Waals surface area contributed by atoms with Crippen LogP contribution >= 0.6 is 0 Å². The van der Waals surface area contributed by atoms with E-state index >= 15 is 0 Å². The van der Waals surface area contributed by atoms with Gasteiger partial charge in [0.05, 0.1) is 23.9 Å². The quantitative estimate of drug-likeness (QED) is 0.763. The smallest absolute Gasteiger partial charge is 0.0991 e. The molecule has 0 unspecified atom stereocenters. The minimum Gasteiger partial charge on any atom is -0.396 e. The SMILES string of the molecule is Cn1cc(CN(CCO)CCCO)c(-c2ccc(C#N)cc2)n1. The highest BCUT2D eigenvalue weighted by molar-refractivity contribution is 5.63. The molecule has 6 nitrogen and oxygen atoms in total. The standard InChI is InChI=1S/C17H22N4O2/c1-20-12-16(13-21(8-10-23)7-2-9-22)17(19-20)15-5-3-14(11-18)4-6-15/h3-6,12,22-23H,2,7-10,13H2,1H3. The van der Waals surface area contributed by atoms with Crippen LogP contribution in [0, 0.1) is 11.3 Å². The van der Waals surface area contributed by atoms with Gasteiger partial charge >= 0.3 is 0 Å². The maximum atomic E-state index is 9.21. The van der Waals surface area contributed by atoms with Crippen molar-refractivity contribution in [3.63, 3.8) is 0 Å². The summed E-state index contributed by atoms with van der Waals surface area (Å²) < 4.78 is 1.77. The Hall–Kier alpha value is -2.20. The molecule has 0 saturated heterocycles. The van der Waals surface area contributed by atoms with Crippen molar-refractivity contribution >= 4 is 0 Å². The summed E-state index contributed by atoms with van der Waals surface area (Å²) in [6.45, 7) is 2.15. The fourth-order valence-electron chi connectivity index (χ4n) is 2.55. The largest absolute Gasteiger partial charge is 0.396 e. The lowest BCUT2D eigenvalue weighted by atomic mass is 10.1. The van der Waals surface area contributed by atoms with E-state index in [1.165, 1.54) is 0 Å². The Kier molecular flexibility index (Phi) is 6.29. The molecule has 2 rings (SSSR count). The van der Waals surface area contributed by atoms with Crippen molar-refractivity contribution < 1.29 is 10.2 Å². The van der Waals surface area contributed by atoms with Crippen LogP contribution in [-0.2, 0) is 13.6 Å². The van der Waals surface area contributed by atoms with Crippen LogP contribution in [-0.4, -0.2) is 51.2 Å². The van der Waals surface area contributed by atoms with Crippen molar-refractivity contribution in [2.24, 2.45) is 7.05 Å². The number of aliphatic hydroxyl groups excluding tert-OH is 2. The molecule has 122 valence electrons. The lowest BCUT2D eigenvalue weighted by Gasteiger charge is -2.20. The first-order valence-electron chi connectivity index (χ1n) is 7.65. The highest BCUT2D eigenvalue weighted by Crippen LogP contribution is 2.23. The predicted octanol–water partition coefficient (Wildman–Crippen LogP) is 1.14. The third-order valence-electron chi connectivity index (χ3n) is 3.63. The van der Waals surface area contributed by atoms with Crippen molar-refractivity contribution in [1.82, 2.24) is 14.7 Å². The first-order valence-corrected chi connectivity index (χ1v) is 7.65. The highest BCUT2D eigenvalue weighted by atomic mass is 16.3. The molecule has 0 bridgehead atoms. The number of rotatable bonds is 8. The second-order valence-electron chi connectivity index (χ2n) is 5.44. The molecule has 0 spiro atoms. The van der Waals surface area contributed by atoms with Gasteiger partial charge in [0.1, 0.15) is 0 Å². The zero-order valence-electron chi connectivity index (χ0n) is 13.3. The Morgan fingerprint density at radius 3 is 2.52 bits per heavy atom. The molecule has 1 aromatic heterocycles. The number of hydrogen-bond acceptors (Lipinski definition) is 5. The van der Waals surface area contributed by atoms with E-state index in [-0.39, 0.29) is 13.2 Å². The molecule has 0 aliphatic rings. The topological polar surface area (TPSA) is 85.3 Å². The van der Waals surface area contributed by atoms with Gasteiger partial charge in [-0.2, -0.15) is 10.4 Å². The van der Waals surface area contributed by atoms with E-state index in [0.29, 0.717) is 25.1 Å². The maximum absolute atomic E-state index is 9.21. The fourth-order valence-corrected chi connectivity index (χ4v) is 2.55. The average Bonchev–Trinajstić information content (AvgIpc) is 2.93. The van der Waals surface area contributed by atoms with Crippen LogP contribution in [0.15, 0.2) is 30.5 Å². The first-order chi connectivity index (χ1) is 11.2. The van der Waals surface area contributed by atoms with Crippen molar-refractivity contribution in [3.05, 3.63) is 41.6 Å². The zero-order chi connectivity index (χ0) is 16.7. The number of nitriles is 1. The van der Waals surface area contributed by atoms with Crippen LogP contribution < -0.4 is 0 Å². The summed E-state index contributed by atoms with van der Waals surface area (Å²) in [4.78, 5) is 2.10. The van der Waals surface area contributed by atoms with Crippen LogP contribution in [0.2, 0.25) is 0 Å². The molecule has 0 radical (unpaired) electrons. The van der Waals surface area contributed by atoms with Crippen LogP contribution in [0.25, 0.3) is 11.3 Å². The van der Waals surface area contributed by atoms with E-state index < -0.39 is 0 Å². The molecule has 1 aromatic carbocycles. The Morgan fingerprint density at radius 1 is 1.17 bits per heavy atom. The molecule has 0 fully saturated rings. The van der Waals surface area contributed by atoms with Crippen molar-refractivity contribution in [2.45, 2.75) is 13.0 Å². The van der Waals surface area contributed by atoms with Gasteiger partial charge in [-0.3, -0.25) is 9.58 Å². The minimum absolute atomic E-state index is 0.0812. The van der Waals surface area contributed by atoms with Gasteiger partial charge in [0.25, 0.3) is 0 Å². The summed E-state index contributed by atoms with van der Waals surface area (Å²) in [7, 11) is 1.88. The van der Waals surface area contributed by atoms with Crippen LogP contribution in [0.4, 0.5) is 0 Å². The second kappa shape index (κ2) is 8.44. The molecule has 0 amide bonds. The molecule has 2 aromatic rings. The van der Waals surface area contributed by atoms with Crippen molar-refractivity contribution in [2.75, 3.05) is 26.3 Å². The number of benzene rings is 1. The molecular formula is C17H22N4O2. The highest BCUT2D eigenvalue weighted by Gasteiger charge is 2.14. The van der Waals surface area contributed by atoms with Crippen LogP contribution in [0.3, 0.4) is 0 Å². The van der Waals surface area contributed by atoms with Gasteiger partial charge in [-0.15, -0.1) is 0 Å². The predicted molar refractivity (Wildman–Crippen MR) is 87.4 cm³/mol. The summed E-state index contributed by atoms with van der Waals surface area (Å²) in [5, 5.41) is 31.6. The average molecular weight is 314 g/mol. The lowest BCUT2D eigenvalue weighted by Crippen LogP contribution is -2.28. The second-order valence-corrected chi connectivity index (χ2v) is 5.44. The third kappa shape index (κ3) is 4.63. The summed E-state index contributed by atoms with van der Waals surface area (Å²) in [5.41, 5.74) is 3.52. The third-order valence-corrected chi connectivity index (χ3v) is 3.63. The molecular weight excluding hydrogens is 292 g/mol. The number of aryl methyl sites for hydroxylation is 1. The molecule has 0 aliphatic heterocycles. The van der Waals surface area contributed by atoms with E-state index in [4.69, 9.17) is 10.4 Å². The zero-order valence-corrected chi connectivity index (χ0v) is 13.3. The maximum Gasteiger partial charge on any atom is 0.0991 e. The molecule has 0 aliphatic carbocycles. The van der Waals surface area contributed by atoms with Crippen molar-refractivity contribution in [1.29, 1.82) is 5.26 Å². The molecule has 2 N–H and O–H groups in total. The summed E-state index contributed by atoms with van der Waals surface area (Å²) in [6, 6.07) is 9.47. The van der Waals surface area contributed by atoms with Gasteiger partial charge in [-0.1, -0.05) is 12.1 Å². The molecule has 0 atom stereocenters. The van der Waals surface area contributed by atoms with Gasteiger partial charge in [-0.25, -0.2) is 0 Å². The normalized spacial score (nSPS) is 10.9. The fraction of sp³-hybridized carbons (Fsp3) is 0.412. The molecule has 23 heavy (non-hydrogen) atoms. The Bertz CT molecular complexity index is 658. The van der Waals surface area contributed by atoms with Crippen molar-refractivity contribution in [3.8, 4) is 17.3 Å². The van der Waals surface area contributed by atoms with E-state index in [0.717, 1.165) is 23.4 Å². The number of aliphatic hydroxyl groups is 2. The molecule has 1 heterocycles. The monoisotopic (exact) mass is 314 g/mol. The number of aromatic nitrogens is 2. The Labute approximate surface area is 136 Å². The van der Waals surface area contributed by atoms with Gasteiger partial charge in [-0.05, 0) is 18.6 Å². The first kappa shape index (κ1) is 17.2. The number of nitrogens with zero attached hydrogens (tertiary/aromatic N) is 4. The van der Waals surface area contributed by atoms with Crippen LogP contribution in [0.1, 0.15) is 17.5 Å². The number of hydrogen-bond donors (Lipinski definition) is 2. The summed E-state index contributed by atoms with van der Waals surface area (Å²) in [6.07, 6.45) is 2.64. The van der Waals surface area contributed by atoms with E-state index in [1.54, 1.807) is 16.8 Å². The lowest BCUT2D eigenvalue weighted by molar-refractivity contribution is 0.174. The van der Waals surface area contributed by atoms with Crippen LogP contribution in [0.5, 0.6) is 0 Å². The molecule has 0 saturated carbocycles. The Balaban J connectivity index is 2.23. The van der Waals surface area contributed by atoms with Gasteiger partial charge in [0.2, 0.25) is 0 Å². The minimum atomic E-state index is 0.0812. The summed E-state index contributed by atoms with van der Waals surface area (Å²) >= 11 is 0. The van der Waals surface area contributed by atoms with Gasteiger partial charge < -0.3 is 10.2 Å². The van der Waals surface area contributed by atoms with Gasteiger partial charge in [0.15, 0.2) is 0 Å². The van der Waals surface area contributed by atoms with E-state index in [1.807, 2.05) is 25.4 Å². The van der Waals surface area contributed by atoms with E-state index in [9.17, 15) is 5.11 Å². The van der Waals surface area contributed by atoms with Gasteiger partial charge in [0, 0.05) is 50.6 Å². The molecule has 6 heteroatoms.